The second kappa shape index (κ2) is 8.03. The number of pyridine rings is 1. The van der Waals surface area contributed by atoms with Crippen molar-refractivity contribution >= 4 is 16.9 Å². The molecule has 1 aromatic carbocycles. The first-order valence-electron chi connectivity index (χ1n) is 8.89. The Labute approximate surface area is 157 Å². The van der Waals surface area contributed by atoms with Crippen LogP contribution < -0.4 is 15.7 Å². The third kappa shape index (κ3) is 4.34. The lowest BCUT2D eigenvalue weighted by Crippen LogP contribution is -2.36. The zero-order chi connectivity index (χ0) is 19.4. The molecule has 1 N–H and O–H groups in total. The lowest BCUT2D eigenvalue weighted by molar-refractivity contribution is -0.127. The zero-order valence-corrected chi connectivity index (χ0v) is 15.6. The number of hydrogen-bond donors (Lipinski definition) is 1. The molecular formula is C21H22N2O4. The molecule has 0 aliphatic carbocycles. The highest BCUT2D eigenvalue weighted by Gasteiger charge is 2.18. The van der Waals surface area contributed by atoms with Crippen LogP contribution >= 0.6 is 0 Å². The molecule has 0 saturated heterocycles. The van der Waals surface area contributed by atoms with Gasteiger partial charge >= 0.3 is 5.63 Å². The Morgan fingerprint density at radius 3 is 2.81 bits per heavy atom. The largest absolute Gasteiger partial charge is 0.480 e. The summed E-state index contributed by atoms with van der Waals surface area (Å²) in [6.45, 7) is 5.86. The molecule has 0 aliphatic rings. The van der Waals surface area contributed by atoms with Crippen molar-refractivity contribution in [3.63, 3.8) is 0 Å². The summed E-state index contributed by atoms with van der Waals surface area (Å²) in [6, 6.07) is 10.7. The van der Waals surface area contributed by atoms with Gasteiger partial charge in [-0.1, -0.05) is 13.0 Å². The van der Waals surface area contributed by atoms with Crippen molar-refractivity contribution in [1.82, 2.24) is 10.3 Å². The predicted molar refractivity (Wildman–Crippen MR) is 103 cm³/mol. The number of aromatic nitrogens is 1. The average molecular weight is 366 g/mol. The molecule has 140 valence electrons. The van der Waals surface area contributed by atoms with E-state index in [1.165, 1.54) is 6.07 Å². The first-order valence-corrected chi connectivity index (χ1v) is 8.89. The van der Waals surface area contributed by atoms with Gasteiger partial charge in [0.05, 0.1) is 17.6 Å². The van der Waals surface area contributed by atoms with E-state index in [2.05, 4.69) is 10.3 Å². The van der Waals surface area contributed by atoms with Gasteiger partial charge in [-0.05, 0) is 55.7 Å². The summed E-state index contributed by atoms with van der Waals surface area (Å²) in [5.74, 6) is 0.289. The number of hydrogen-bond acceptors (Lipinski definition) is 5. The number of ether oxygens (including phenoxy) is 1. The van der Waals surface area contributed by atoms with Crippen LogP contribution in [0.3, 0.4) is 0 Å². The minimum Gasteiger partial charge on any atom is -0.480 e. The summed E-state index contributed by atoms with van der Waals surface area (Å²) < 4.78 is 11.3. The van der Waals surface area contributed by atoms with E-state index in [-0.39, 0.29) is 5.91 Å². The topological polar surface area (TPSA) is 81.4 Å². The monoisotopic (exact) mass is 366 g/mol. The van der Waals surface area contributed by atoms with Gasteiger partial charge in [-0.3, -0.25) is 9.78 Å². The van der Waals surface area contributed by atoms with Crippen LogP contribution in [0.4, 0.5) is 0 Å². The molecule has 6 heteroatoms. The highest BCUT2D eigenvalue weighted by molar-refractivity contribution is 5.88. The molecule has 6 nitrogen and oxygen atoms in total. The van der Waals surface area contributed by atoms with Gasteiger partial charge in [0.25, 0.3) is 5.91 Å². The Bertz CT molecular complexity index is 1010. The third-order valence-corrected chi connectivity index (χ3v) is 4.26. The van der Waals surface area contributed by atoms with E-state index in [4.69, 9.17) is 9.15 Å². The number of nitrogens with zero attached hydrogens (tertiary/aromatic N) is 1. The van der Waals surface area contributed by atoms with Crippen LogP contribution in [-0.2, 0) is 17.8 Å². The van der Waals surface area contributed by atoms with Gasteiger partial charge in [-0.25, -0.2) is 4.79 Å². The molecule has 0 aliphatic heterocycles. The minimum atomic E-state index is -0.713. The molecular weight excluding hydrogens is 344 g/mol. The molecule has 0 spiro atoms. The summed E-state index contributed by atoms with van der Waals surface area (Å²) >= 11 is 0. The van der Waals surface area contributed by atoms with Gasteiger partial charge in [-0.15, -0.1) is 0 Å². The number of nitrogens with one attached hydrogen (secondary N) is 1. The van der Waals surface area contributed by atoms with E-state index >= 15 is 0 Å². The molecule has 0 radical (unpaired) electrons. The second-order valence-electron chi connectivity index (χ2n) is 6.38. The average Bonchev–Trinajstić information content (AvgIpc) is 2.65. The first kappa shape index (κ1) is 18.6. The maximum absolute atomic E-state index is 12.4. The predicted octanol–water partition coefficient (Wildman–Crippen LogP) is 3.14. The quantitative estimate of drug-likeness (QED) is 0.678. The van der Waals surface area contributed by atoms with Crippen molar-refractivity contribution in [3.8, 4) is 5.75 Å². The summed E-state index contributed by atoms with van der Waals surface area (Å²) in [5.41, 5.74) is 2.56. The van der Waals surface area contributed by atoms with E-state index in [0.717, 1.165) is 22.2 Å². The number of amides is 1. The fourth-order valence-electron chi connectivity index (χ4n) is 2.91. The van der Waals surface area contributed by atoms with Gasteiger partial charge < -0.3 is 14.5 Å². The molecule has 0 unspecified atom stereocenters. The van der Waals surface area contributed by atoms with E-state index in [1.54, 1.807) is 19.2 Å². The van der Waals surface area contributed by atoms with E-state index in [9.17, 15) is 9.59 Å². The first-order chi connectivity index (χ1) is 13.0. The summed E-state index contributed by atoms with van der Waals surface area (Å²) in [7, 11) is 0. The van der Waals surface area contributed by atoms with Gasteiger partial charge in [0.15, 0.2) is 6.10 Å². The van der Waals surface area contributed by atoms with E-state index < -0.39 is 11.7 Å². The van der Waals surface area contributed by atoms with Crippen LogP contribution in [0.25, 0.3) is 11.0 Å². The molecule has 27 heavy (non-hydrogen) atoms. The lowest BCUT2D eigenvalue weighted by Gasteiger charge is -2.17. The molecule has 2 heterocycles. The van der Waals surface area contributed by atoms with Crippen molar-refractivity contribution in [1.29, 1.82) is 0 Å². The van der Waals surface area contributed by atoms with Crippen molar-refractivity contribution in [3.05, 3.63) is 69.8 Å². The molecule has 3 aromatic rings. The summed E-state index contributed by atoms with van der Waals surface area (Å²) in [4.78, 5) is 28.4. The Balaban J connectivity index is 1.82. The van der Waals surface area contributed by atoms with Crippen molar-refractivity contribution in [2.24, 2.45) is 0 Å². The molecule has 3 rings (SSSR count). The Hall–Kier alpha value is -3.15. The third-order valence-electron chi connectivity index (χ3n) is 4.26. The van der Waals surface area contributed by atoms with Crippen LogP contribution in [0.15, 0.2) is 51.8 Å². The normalized spacial score (nSPS) is 12.0. The van der Waals surface area contributed by atoms with Crippen molar-refractivity contribution in [2.75, 3.05) is 0 Å². The maximum Gasteiger partial charge on any atom is 0.336 e. The van der Waals surface area contributed by atoms with Crippen molar-refractivity contribution < 1.29 is 13.9 Å². The molecule has 1 amide bonds. The number of carbonyl (C=O) groups excluding carboxylic acids is 1. The SMILES string of the molecule is CCc1cc(=O)oc2cc(C)cc(O[C@H](C)C(=O)NCc3ccccn3)c12. The minimum absolute atomic E-state index is 0.245. The number of aryl methyl sites for hydroxylation is 2. The fraction of sp³-hybridized carbons (Fsp3) is 0.286. The lowest BCUT2D eigenvalue weighted by atomic mass is 10.0. The number of rotatable bonds is 6. The zero-order valence-electron chi connectivity index (χ0n) is 15.6. The summed E-state index contributed by atoms with van der Waals surface area (Å²) in [6.07, 6.45) is 1.62. The van der Waals surface area contributed by atoms with Crippen molar-refractivity contribution in [2.45, 2.75) is 39.8 Å². The standard InChI is InChI=1S/C21H22N2O4/c1-4-15-11-19(24)27-18-10-13(2)9-17(20(15)18)26-14(3)21(25)23-12-16-7-5-6-8-22-16/h5-11,14H,4,12H2,1-3H3,(H,23,25)/t14-/m1/s1. The van der Waals surface area contributed by atoms with Crippen LogP contribution in [-0.4, -0.2) is 17.0 Å². The molecule has 0 saturated carbocycles. The number of benzene rings is 1. The fourth-order valence-corrected chi connectivity index (χ4v) is 2.91. The smallest absolute Gasteiger partial charge is 0.336 e. The Morgan fingerprint density at radius 2 is 2.11 bits per heavy atom. The van der Waals surface area contributed by atoms with Gasteiger partial charge in [0.2, 0.25) is 0 Å². The highest BCUT2D eigenvalue weighted by atomic mass is 16.5. The number of fused-ring (bicyclic) bond motifs is 1. The van der Waals surface area contributed by atoms with Crippen LogP contribution in [0.5, 0.6) is 5.75 Å². The van der Waals surface area contributed by atoms with Crippen LogP contribution in [0.2, 0.25) is 0 Å². The Morgan fingerprint density at radius 1 is 1.30 bits per heavy atom. The van der Waals surface area contributed by atoms with Gasteiger partial charge in [0, 0.05) is 12.3 Å². The maximum atomic E-state index is 12.4. The molecule has 0 fully saturated rings. The molecule has 1 atom stereocenters. The van der Waals surface area contributed by atoms with Crippen LogP contribution in [0.1, 0.15) is 30.7 Å². The summed E-state index contributed by atoms with van der Waals surface area (Å²) in [5, 5.41) is 3.55. The second-order valence-corrected chi connectivity index (χ2v) is 6.38. The Kier molecular flexibility index (Phi) is 5.54. The highest BCUT2D eigenvalue weighted by Crippen LogP contribution is 2.31. The molecule has 0 bridgehead atoms. The van der Waals surface area contributed by atoms with E-state index in [1.807, 2.05) is 38.1 Å². The number of carbonyl (C=O) groups is 1. The van der Waals surface area contributed by atoms with Gasteiger partial charge in [-0.2, -0.15) is 0 Å². The van der Waals surface area contributed by atoms with E-state index in [0.29, 0.717) is 24.3 Å². The molecule has 2 aromatic heterocycles. The van der Waals surface area contributed by atoms with Gasteiger partial charge in [0.1, 0.15) is 11.3 Å². The van der Waals surface area contributed by atoms with Crippen LogP contribution in [0, 0.1) is 6.92 Å².